The lowest BCUT2D eigenvalue weighted by Crippen LogP contribution is -2.43. The zero-order chi connectivity index (χ0) is 24.2. The molecular formula is C23H31N3O5S2. The minimum absolute atomic E-state index is 0.0301. The molecule has 10 heteroatoms. The summed E-state index contributed by atoms with van der Waals surface area (Å²) in [5, 5.41) is 0. The molecule has 2 aromatic rings. The number of amides is 1. The Labute approximate surface area is 196 Å². The van der Waals surface area contributed by atoms with Crippen molar-refractivity contribution in [1.82, 2.24) is 14.3 Å². The standard InChI is InChI=1S/C23H31N3O5S2/c1-17(2)25-33(30,31)22-8-4-7-20(14-22)23(27)26-13-5-6-19(16-26)15-24-32(28,29)21-11-9-18(3)10-12-21/h4,7-12,14,17,19,24-25H,5-6,13,15-16H2,1-3H3. The van der Waals surface area contributed by atoms with Gasteiger partial charge in [-0.2, -0.15) is 0 Å². The van der Waals surface area contributed by atoms with Crippen molar-refractivity contribution in [2.75, 3.05) is 19.6 Å². The van der Waals surface area contributed by atoms with Crippen LogP contribution in [0.3, 0.4) is 0 Å². The van der Waals surface area contributed by atoms with Gasteiger partial charge in [0, 0.05) is 31.2 Å². The summed E-state index contributed by atoms with van der Waals surface area (Å²) in [6, 6.07) is 12.4. The van der Waals surface area contributed by atoms with Crippen molar-refractivity contribution in [3.8, 4) is 0 Å². The summed E-state index contributed by atoms with van der Waals surface area (Å²) in [5.41, 5.74) is 1.27. The van der Waals surface area contributed by atoms with Crippen LogP contribution in [0.25, 0.3) is 0 Å². The molecule has 0 aromatic heterocycles. The van der Waals surface area contributed by atoms with E-state index in [4.69, 9.17) is 0 Å². The topological polar surface area (TPSA) is 113 Å². The second-order valence-electron chi connectivity index (χ2n) is 8.73. The first-order valence-corrected chi connectivity index (χ1v) is 13.9. The van der Waals surface area contributed by atoms with Crippen molar-refractivity contribution in [1.29, 1.82) is 0 Å². The SMILES string of the molecule is Cc1ccc(S(=O)(=O)NCC2CCCN(C(=O)c3cccc(S(=O)(=O)NC(C)C)c3)C2)cc1. The fourth-order valence-electron chi connectivity index (χ4n) is 3.80. The molecule has 1 unspecified atom stereocenters. The minimum Gasteiger partial charge on any atom is -0.338 e. The summed E-state index contributed by atoms with van der Waals surface area (Å²) >= 11 is 0. The summed E-state index contributed by atoms with van der Waals surface area (Å²) in [5.74, 6) is -0.292. The third-order valence-electron chi connectivity index (χ3n) is 5.48. The molecule has 2 aromatic carbocycles. The van der Waals surface area contributed by atoms with Crippen LogP contribution in [-0.2, 0) is 20.0 Å². The van der Waals surface area contributed by atoms with Crippen molar-refractivity contribution < 1.29 is 21.6 Å². The number of aryl methyl sites for hydroxylation is 1. The molecule has 33 heavy (non-hydrogen) atoms. The smallest absolute Gasteiger partial charge is 0.253 e. The highest BCUT2D eigenvalue weighted by molar-refractivity contribution is 7.89. The number of nitrogens with zero attached hydrogens (tertiary/aromatic N) is 1. The van der Waals surface area contributed by atoms with Crippen LogP contribution in [0.5, 0.6) is 0 Å². The van der Waals surface area contributed by atoms with Crippen LogP contribution in [0.1, 0.15) is 42.6 Å². The van der Waals surface area contributed by atoms with Gasteiger partial charge >= 0.3 is 0 Å². The molecule has 0 bridgehead atoms. The molecule has 1 fully saturated rings. The molecule has 8 nitrogen and oxygen atoms in total. The second-order valence-corrected chi connectivity index (χ2v) is 12.2. The Morgan fingerprint density at radius 3 is 2.39 bits per heavy atom. The highest BCUT2D eigenvalue weighted by Gasteiger charge is 2.27. The zero-order valence-electron chi connectivity index (χ0n) is 19.1. The largest absolute Gasteiger partial charge is 0.338 e. The first kappa shape index (κ1) is 25.4. The van der Waals surface area contributed by atoms with E-state index in [0.717, 1.165) is 18.4 Å². The predicted octanol–water partition coefficient (Wildman–Crippen LogP) is 2.51. The predicted molar refractivity (Wildman–Crippen MR) is 127 cm³/mol. The average Bonchev–Trinajstić information content (AvgIpc) is 2.77. The Hall–Kier alpha value is -2.27. The molecule has 1 heterocycles. The molecular weight excluding hydrogens is 462 g/mol. The maximum atomic E-state index is 13.1. The van der Waals surface area contributed by atoms with Crippen molar-refractivity contribution in [2.45, 2.75) is 49.4 Å². The third-order valence-corrected chi connectivity index (χ3v) is 8.58. The van der Waals surface area contributed by atoms with E-state index in [2.05, 4.69) is 9.44 Å². The number of likely N-dealkylation sites (tertiary alicyclic amines) is 1. The molecule has 1 atom stereocenters. The van der Waals surface area contributed by atoms with Gasteiger partial charge in [0.05, 0.1) is 9.79 Å². The Morgan fingerprint density at radius 1 is 1.03 bits per heavy atom. The van der Waals surface area contributed by atoms with E-state index in [0.29, 0.717) is 18.7 Å². The Bertz CT molecular complexity index is 1190. The van der Waals surface area contributed by atoms with Gasteiger partial charge in [-0.3, -0.25) is 4.79 Å². The van der Waals surface area contributed by atoms with Gasteiger partial charge in [0.25, 0.3) is 5.91 Å². The van der Waals surface area contributed by atoms with Crippen LogP contribution in [0.2, 0.25) is 0 Å². The number of benzene rings is 2. The monoisotopic (exact) mass is 493 g/mol. The van der Waals surface area contributed by atoms with Crippen LogP contribution in [-0.4, -0.2) is 53.3 Å². The lowest BCUT2D eigenvalue weighted by molar-refractivity contribution is 0.0676. The van der Waals surface area contributed by atoms with Gasteiger partial charge in [0.15, 0.2) is 0 Å². The second kappa shape index (κ2) is 10.3. The molecule has 1 saturated heterocycles. The highest BCUT2D eigenvalue weighted by Crippen LogP contribution is 2.21. The molecule has 0 aliphatic carbocycles. The molecule has 1 aliphatic heterocycles. The fourth-order valence-corrected chi connectivity index (χ4v) is 6.21. The molecule has 1 amide bonds. The van der Waals surface area contributed by atoms with E-state index in [-0.39, 0.29) is 34.2 Å². The number of hydrogen-bond acceptors (Lipinski definition) is 5. The van der Waals surface area contributed by atoms with Gasteiger partial charge in [-0.1, -0.05) is 23.8 Å². The lowest BCUT2D eigenvalue weighted by atomic mass is 9.97. The number of carbonyl (C=O) groups excluding carboxylic acids is 1. The minimum atomic E-state index is -3.71. The van der Waals surface area contributed by atoms with Crippen molar-refractivity contribution in [2.24, 2.45) is 5.92 Å². The molecule has 3 rings (SSSR count). The molecule has 2 N–H and O–H groups in total. The van der Waals surface area contributed by atoms with E-state index >= 15 is 0 Å². The van der Waals surface area contributed by atoms with E-state index in [1.807, 2.05) is 6.92 Å². The summed E-state index contributed by atoms with van der Waals surface area (Å²) < 4.78 is 55.2. The summed E-state index contributed by atoms with van der Waals surface area (Å²) in [6.45, 7) is 6.52. The summed E-state index contributed by atoms with van der Waals surface area (Å²) in [6.07, 6.45) is 1.54. The number of carbonyl (C=O) groups is 1. The quantitative estimate of drug-likeness (QED) is 0.587. The molecule has 0 spiro atoms. The molecule has 0 radical (unpaired) electrons. The van der Waals surface area contributed by atoms with Crippen molar-refractivity contribution >= 4 is 26.0 Å². The normalized spacial score (nSPS) is 17.3. The summed E-state index contributed by atoms with van der Waals surface area (Å²) in [4.78, 5) is 15.0. The van der Waals surface area contributed by atoms with Crippen molar-refractivity contribution in [3.63, 3.8) is 0 Å². The van der Waals surface area contributed by atoms with Crippen molar-refractivity contribution in [3.05, 3.63) is 59.7 Å². The van der Waals surface area contributed by atoms with E-state index < -0.39 is 20.0 Å². The van der Waals surface area contributed by atoms with E-state index in [1.54, 1.807) is 55.1 Å². The maximum absolute atomic E-state index is 13.1. The van der Waals surface area contributed by atoms with E-state index in [1.165, 1.54) is 12.1 Å². The first-order chi connectivity index (χ1) is 15.5. The maximum Gasteiger partial charge on any atom is 0.253 e. The third kappa shape index (κ3) is 6.63. The molecule has 0 saturated carbocycles. The Morgan fingerprint density at radius 2 is 1.73 bits per heavy atom. The number of hydrogen-bond donors (Lipinski definition) is 2. The van der Waals surface area contributed by atoms with Crippen LogP contribution >= 0.6 is 0 Å². The average molecular weight is 494 g/mol. The van der Waals surface area contributed by atoms with Crippen LogP contribution in [0.15, 0.2) is 58.3 Å². The summed E-state index contributed by atoms with van der Waals surface area (Å²) in [7, 11) is -7.33. The molecule has 180 valence electrons. The highest BCUT2D eigenvalue weighted by atomic mass is 32.2. The van der Waals surface area contributed by atoms with E-state index in [9.17, 15) is 21.6 Å². The zero-order valence-corrected chi connectivity index (χ0v) is 20.7. The number of rotatable bonds is 8. The Kier molecular flexibility index (Phi) is 7.94. The van der Waals surface area contributed by atoms with Gasteiger partial charge in [-0.25, -0.2) is 26.3 Å². The van der Waals surface area contributed by atoms with Crippen LogP contribution < -0.4 is 9.44 Å². The van der Waals surface area contributed by atoms with Gasteiger partial charge in [0.1, 0.15) is 0 Å². The number of piperidine rings is 1. The van der Waals surface area contributed by atoms with Crippen LogP contribution in [0.4, 0.5) is 0 Å². The number of sulfonamides is 2. The Balaban J connectivity index is 1.66. The van der Waals surface area contributed by atoms with Gasteiger partial charge < -0.3 is 4.90 Å². The first-order valence-electron chi connectivity index (χ1n) is 11.0. The molecule has 1 aliphatic rings. The number of nitrogens with one attached hydrogen (secondary N) is 2. The lowest BCUT2D eigenvalue weighted by Gasteiger charge is -2.33. The van der Waals surface area contributed by atoms with Gasteiger partial charge in [-0.05, 0) is 69.9 Å². The van der Waals surface area contributed by atoms with Crippen LogP contribution in [0, 0.1) is 12.8 Å². The van der Waals surface area contributed by atoms with Gasteiger partial charge in [-0.15, -0.1) is 0 Å². The fraction of sp³-hybridized carbons (Fsp3) is 0.435. The van der Waals surface area contributed by atoms with Gasteiger partial charge in [0.2, 0.25) is 20.0 Å².